The lowest BCUT2D eigenvalue weighted by molar-refractivity contribution is -0.275. The maximum absolute atomic E-state index is 12.2. The van der Waals surface area contributed by atoms with Gasteiger partial charge in [-0.1, -0.05) is 18.2 Å². The molecular formula is C13H10F3NO2. The van der Waals surface area contributed by atoms with Crippen molar-refractivity contribution in [1.29, 1.82) is 0 Å². The summed E-state index contributed by atoms with van der Waals surface area (Å²) in [7, 11) is 0. The van der Waals surface area contributed by atoms with E-state index >= 15 is 0 Å². The van der Waals surface area contributed by atoms with Crippen LogP contribution in [0.3, 0.4) is 0 Å². The van der Waals surface area contributed by atoms with Crippen LogP contribution in [-0.2, 0) is 0 Å². The van der Waals surface area contributed by atoms with E-state index in [0.29, 0.717) is 11.4 Å². The molecule has 0 saturated heterocycles. The number of halogens is 3. The molecule has 6 heteroatoms. The molecule has 2 rings (SSSR count). The second kappa shape index (κ2) is 5.09. The second-order valence-electron chi connectivity index (χ2n) is 3.67. The molecule has 3 nitrogen and oxygen atoms in total. The monoisotopic (exact) mass is 269 g/mol. The fourth-order valence-corrected chi connectivity index (χ4v) is 1.45. The average Bonchev–Trinajstić information content (AvgIpc) is 2.30. The van der Waals surface area contributed by atoms with E-state index in [4.69, 9.17) is 10.5 Å². The van der Waals surface area contributed by atoms with Gasteiger partial charge in [-0.3, -0.25) is 0 Å². The van der Waals surface area contributed by atoms with E-state index in [9.17, 15) is 13.2 Å². The van der Waals surface area contributed by atoms with Gasteiger partial charge in [0, 0.05) is 11.8 Å². The van der Waals surface area contributed by atoms with Gasteiger partial charge in [0.25, 0.3) is 0 Å². The Morgan fingerprint density at radius 2 is 1.58 bits per heavy atom. The molecule has 0 aromatic heterocycles. The number of ether oxygens (including phenoxy) is 2. The van der Waals surface area contributed by atoms with Gasteiger partial charge in [0.2, 0.25) is 0 Å². The van der Waals surface area contributed by atoms with Crippen molar-refractivity contribution in [3.63, 3.8) is 0 Å². The third kappa shape index (κ3) is 3.80. The number of hydrogen-bond donors (Lipinski definition) is 1. The fourth-order valence-electron chi connectivity index (χ4n) is 1.45. The van der Waals surface area contributed by atoms with Crippen LogP contribution in [0.2, 0.25) is 0 Å². The Morgan fingerprint density at radius 1 is 0.895 bits per heavy atom. The summed E-state index contributed by atoms with van der Waals surface area (Å²) in [5, 5.41) is 0. The maximum Gasteiger partial charge on any atom is 0.573 e. The topological polar surface area (TPSA) is 44.5 Å². The summed E-state index contributed by atoms with van der Waals surface area (Å²) in [6, 6.07) is 11.9. The van der Waals surface area contributed by atoms with E-state index in [2.05, 4.69) is 4.74 Å². The van der Waals surface area contributed by atoms with E-state index in [-0.39, 0.29) is 5.75 Å². The first-order valence-electron chi connectivity index (χ1n) is 5.32. The van der Waals surface area contributed by atoms with Gasteiger partial charge in [-0.25, -0.2) is 0 Å². The molecule has 0 aliphatic heterocycles. The van der Waals surface area contributed by atoms with Crippen LogP contribution in [0.15, 0.2) is 48.5 Å². The molecule has 19 heavy (non-hydrogen) atoms. The Bertz CT molecular complexity index is 570. The molecular weight excluding hydrogens is 259 g/mol. The molecule has 0 saturated carbocycles. The minimum atomic E-state index is -4.77. The van der Waals surface area contributed by atoms with Crippen LogP contribution in [0.25, 0.3) is 0 Å². The van der Waals surface area contributed by atoms with Crippen molar-refractivity contribution in [2.75, 3.05) is 5.73 Å². The van der Waals surface area contributed by atoms with Crippen molar-refractivity contribution in [2.45, 2.75) is 6.36 Å². The Labute approximate surface area is 107 Å². The summed E-state index contributed by atoms with van der Waals surface area (Å²) in [5.41, 5.74) is 6.01. The summed E-state index contributed by atoms with van der Waals surface area (Å²) in [5.74, 6) is -0.110. The van der Waals surface area contributed by atoms with Crippen molar-refractivity contribution in [2.24, 2.45) is 0 Å². The molecule has 0 unspecified atom stereocenters. The largest absolute Gasteiger partial charge is 0.573 e. The molecule has 0 spiro atoms. The molecule has 0 bridgehead atoms. The number of hydrogen-bond acceptors (Lipinski definition) is 3. The lowest BCUT2D eigenvalue weighted by Gasteiger charge is -2.13. The van der Waals surface area contributed by atoms with Crippen LogP contribution >= 0.6 is 0 Å². The smallest absolute Gasteiger partial charge is 0.453 e. The molecule has 0 amide bonds. The van der Waals surface area contributed by atoms with Crippen LogP contribution in [0, 0.1) is 0 Å². The minimum Gasteiger partial charge on any atom is -0.453 e. The molecule has 0 radical (unpaired) electrons. The maximum atomic E-state index is 12.2. The highest BCUT2D eigenvalue weighted by molar-refractivity contribution is 5.47. The molecule has 0 fully saturated rings. The summed E-state index contributed by atoms with van der Waals surface area (Å²) in [6.45, 7) is 0. The molecule has 100 valence electrons. The highest BCUT2D eigenvalue weighted by atomic mass is 19.4. The number of rotatable bonds is 3. The molecule has 2 N–H and O–H groups in total. The van der Waals surface area contributed by atoms with Gasteiger partial charge in [0.1, 0.15) is 5.75 Å². The molecule has 2 aromatic rings. The molecule has 0 aliphatic carbocycles. The minimum absolute atomic E-state index is 0.0366. The van der Waals surface area contributed by atoms with Crippen molar-refractivity contribution in [3.05, 3.63) is 48.5 Å². The Hall–Kier alpha value is -2.37. The quantitative estimate of drug-likeness (QED) is 0.858. The first-order chi connectivity index (χ1) is 8.94. The molecule has 0 heterocycles. The van der Waals surface area contributed by atoms with Crippen LogP contribution in [0.5, 0.6) is 17.2 Å². The molecule has 2 aromatic carbocycles. The van der Waals surface area contributed by atoms with Crippen LogP contribution < -0.4 is 15.2 Å². The Balaban J connectivity index is 2.25. The average molecular weight is 269 g/mol. The van der Waals surface area contributed by atoms with Gasteiger partial charge >= 0.3 is 6.36 Å². The van der Waals surface area contributed by atoms with Gasteiger partial charge in [-0.05, 0) is 24.3 Å². The zero-order valence-electron chi connectivity index (χ0n) is 9.65. The van der Waals surface area contributed by atoms with E-state index in [1.807, 2.05) is 0 Å². The second-order valence-corrected chi connectivity index (χ2v) is 3.67. The number of benzene rings is 2. The normalized spacial score (nSPS) is 11.1. The first kappa shape index (κ1) is 13.1. The van der Waals surface area contributed by atoms with Gasteiger partial charge in [0.15, 0.2) is 11.5 Å². The SMILES string of the molecule is Nc1cccc(Oc2ccccc2OC(F)(F)F)c1. The van der Waals surface area contributed by atoms with E-state index in [1.165, 1.54) is 24.3 Å². The number of alkyl halides is 3. The van der Waals surface area contributed by atoms with Gasteiger partial charge < -0.3 is 15.2 Å². The first-order valence-corrected chi connectivity index (χ1v) is 5.32. The van der Waals surface area contributed by atoms with Gasteiger partial charge in [0.05, 0.1) is 0 Å². The highest BCUT2D eigenvalue weighted by Gasteiger charge is 2.32. The van der Waals surface area contributed by atoms with E-state index < -0.39 is 12.1 Å². The fraction of sp³-hybridized carbons (Fsp3) is 0.0769. The Morgan fingerprint density at radius 3 is 2.21 bits per heavy atom. The van der Waals surface area contributed by atoms with Crippen molar-refractivity contribution < 1.29 is 22.6 Å². The zero-order valence-corrected chi connectivity index (χ0v) is 9.65. The van der Waals surface area contributed by atoms with Gasteiger partial charge in [-0.15, -0.1) is 13.2 Å². The predicted molar refractivity (Wildman–Crippen MR) is 64.1 cm³/mol. The van der Waals surface area contributed by atoms with Crippen molar-refractivity contribution >= 4 is 5.69 Å². The van der Waals surface area contributed by atoms with Crippen molar-refractivity contribution in [3.8, 4) is 17.2 Å². The van der Waals surface area contributed by atoms with Gasteiger partial charge in [-0.2, -0.15) is 0 Å². The lowest BCUT2D eigenvalue weighted by Crippen LogP contribution is -2.17. The van der Waals surface area contributed by atoms with Crippen LogP contribution in [0.4, 0.5) is 18.9 Å². The highest BCUT2D eigenvalue weighted by Crippen LogP contribution is 2.35. The number of nitrogen functional groups attached to an aromatic ring is 1. The number of anilines is 1. The Kier molecular flexibility index (Phi) is 3.50. The summed E-state index contributed by atoms with van der Waals surface area (Å²) in [6.07, 6.45) is -4.77. The number of nitrogens with two attached hydrogens (primary N) is 1. The summed E-state index contributed by atoms with van der Waals surface area (Å²) in [4.78, 5) is 0. The lowest BCUT2D eigenvalue weighted by atomic mass is 10.3. The zero-order chi connectivity index (χ0) is 13.9. The van der Waals surface area contributed by atoms with Crippen LogP contribution in [0.1, 0.15) is 0 Å². The van der Waals surface area contributed by atoms with Crippen molar-refractivity contribution in [1.82, 2.24) is 0 Å². The predicted octanol–water partition coefficient (Wildman–Crippen LogP) is 3.96. The summed E-state index contributed by atoms with van der Waals surface area (Å²) < 4.78 is 45.9. The standard InChI is InChI=1S/C13H10F3NO2/c14-13(15,16)19-12-7-2-1-6-11(12)18-10-5-3-4-9(17)8-10/h1-8H,17H2. The third-order valence-electron chi connectivity index (χ3n) is 2.16. The number of para-hydroxylation sites is 2. The molecule has 0 aliphatic rings. The van der Waals surface area contributed by atoms with Crippen LogP contribution in [-0.4, -0.2) is 6.36 Å². The third-order valence-corrected chi connectivity index (χ3v) is 2.16. The van der Waals surface area contributed by atoms with E-state index in [1.54, 1.807) is 24.3 Å². The molecule has 0 atom stereocenters. The summed E-state index contributed by atoms with van der Waals surface area (Å²) >= 11 is 0. The van der Waals surface area contributed by atoms with E-state index in [0.717, 1.165) is 0 Å².